The van der Waals surface area contributed by atoms with E-state index in [1.54, 1.807) is 7.11 Å². The molecule has 0 atom stereocenters. The number of rotatable bonds is 2. The van der Waals surface area contributed by atoms with Gasteiger partial charge in [0.1, 0.15) is 5.75 Å². The lowest BCUT2D eigenvalue weighted by Crippen LogP contribution is -2.17. The summed E-state index contributed by atoms with van der Waals surface area (Å²) in [7, 11) is 1.70. The molecule has 0 aliphatic carbocycles. The van der Waals surface area contributed by atoms with Crippen LogP contribution in [0.1, 0.15) is 5.69 Å². The van der Waals surface area contributed by atoms with Crippen LogP contribution in [-0.2, 0) is 13.0 Å². The SMILES string of the molecule is COc1ccc(-c2ccc3cc4n(c3c2)CCNCC4)cc1. The third-order valence-electron chi connectivity index (χ3n) is 4.48. The molecule has 0 bridgehead atoms. The van der Waals surface area contributed by atoms with Crippen molar-refractivity contribution >= 4 is 10.9 Å². The third-order valence-corrected chi connectivity index (χ3v) is 4.48. The van der Waals surface area contributed by atoms with Gasteiger partial charge in [-0.2, -0.15) is 0 Å². The number of aromatic nitrogens is 1. The second kappa shape index (κ2) is 5.50. The minimum atomic E-state index is 0.896. The normalized spacial score (nSPS) is 14.6. The van der Waals surface area contributed by atoms with E-state index >= 15 is 0 Å². The van der Waals surface area contributed by atoms with Crippen LogP contribution in [0, 0.1) is 0 Å². The summed E-state index contributed by atoms with van der Waals surface area (Å²) in [6.07, 6.45) is 1.10. The first-order chi connectivity index (χ1) is 10.8. The number of ether oxygens (including phenoxy) is 1. The van der Waals surface area contributed by atoms with Gasteiger partial charge in [0.15, 0.2) is 0 Å². The van der Waals surface area contributed by atoms with Gasteiger partial charge in [0.25, 0.3) is 0 Å². The Kier molecular flexibility index (Phi) is 3.35. The van der Waals surface area contributed by atoms with E-state index in [-0.39, 0.29) is 0 Å². The van der Waals surface area contributed by atoms with Gasteiger partial charge < -0.3 is 14.6 Å². The summed E-state index contributed by atoms with van der Waals surface area (Å²) in [6, 6.07) is 17.4. The zero-order valence-corrected chi connectivity index (χ0v) is 12.8. The smallest absolute Gasteiger partial charge is 0.118 e. The Balaban J connectivity index is 1.80. The molecule has 2 aromatic carbocycles. The predicted molar refractivity (Wildman–Crippen MR) is 90.5 cm³/mol. The number of nitrogens with one attached hydrogen (secondary N) is 1. The van der Waals surface area contributed by atoms with Crippen LogP contribution in [0.4, 0.5) is 0 Å². The van der Waals surface area contributed by atoms with Gasteiger partial charge in [-0.15, -0.1) is 0 Å². The van der Waals surface area contributed by atoms with Crippen LogP contribution in [0.3, 0.4) is 0 Å². The maximum Gasteiger partial charge on any atom is 0.118 e. The lowest BCUT2D eigenvalue weighted by molar-refractivity contribution is 0.415. The third kappa shape index (κ3) is 2.28. The zero-order valence-electron chi connectivity index (χ0n) is 12.8. The molecule has 4 rings (SSSR count). The highest BCUT2D eigenvalue weighted by molar-refractivity contribution is 5.86. The first-order valence-electron chi connectivity index (χ1n) is 7.82. The quantitative estimate of drug-likeness (QED) is 0.783. The number of methoxy groups -OCH3 is 1. The predicted octanol–water partition coefficient (Wildman–Crippen LogP) is 3.46. The molecule has 0 radical (unpaired) electrons. The standard InChI is InChI=1S/C19H20N2O/c1-22-18-6-4-14(5-7-18)15-2-3-16-12-17-8-9-20-10-11-21(17)19(16)13-15/h2-7,12-13,20H,8-11H2,1H3. The van der Waals surface area contributed by atoms with Crippen molar-refractivity contribution in [3.05, 3.63) is 54.2 Å². The van der Waals surface area contributed by atoms with E-state index < -0.39 is 0 Å². The lowest BCUT2D eigenvalue weighted by atomic mass is 10.0. The summed E-state index contributed by atoms with van der Waals surface area (Å²) < 4.78 is 7.70. The monoisotopic (exact) mass is 292 g/mol. The molecule has 3 nitrogen and oxygen atoms in total. The second-order valence-corrected chi connectivity index (χ2v) is 5.79. The molecule has 3 heteroatoms. The summed E-state index contributed by atoms with van der Waals surface area (Å²) in [5.41, 5.74) is 5.26. The van der Waals surface area contributed by atoms with E-state index in [4.69, 9.17) is 4.74 Å². The fourth-order valence-electron chi connectivity index (χ4n) is 3.28. The number of hydrogen-bond acceptors (Lipinski definition) is 2. The summed E-state index contributed by atoms with van der Waals surface area (Å²) in [5, 5.41) is 4.81. The van der Waals surface area contributed by atoms with E-state index in [1.165, 1.54) is 27.7 Å². The molecule has 0 amide bonds. The van der Waals surface area contributed by atoms with Crippen molar-refractivity contribution in [2.75, 3.05) is 20.2 Å². The van der Waals surface area contributed by atoms with Crippen molar-refractivity contribution in [1.29, 1.82) is 0 Å². The Bertz CT molecular complexity index is 802. The van der Waals surface area contributed by atoms with Crippen LogP contribution in [-0.4, -0.2) is 24.8 Å². The molecule has 112 valence electrons. The molecule has 22 heavy (non-hydrogen) atoms. The van der Waals surface area contributed by atoms with Crippen molar-refractivity contribution < 1.29 is 4.74 Å². The Morgan fingerprint density at radius 1 is 0.955 bits per heavy atom. The van der Waals surface area contributed by atoms with Crippen molar-refractivity contribution in [3.63, 3.8) is 0 Å². The summed E-state index contributed by atoms with van der Waals surface area (Å²) in [6.45, 7) is 3.16. The van der Waals surface area contributed by atoms with Gasteiger partial charge in [-0.25, -0.2) is 0 Å². The Hall–Kier alpha value is -2.26. The molecule has 1 N–H and O–H groups in total. The van der Waals surface area contributed by atoms with Gasteiger partial charge in [-0.3, -0.25) is 0 Å². The first-order valence-corrected chi connectivity index (χ1v) is 7.82. The number of fused-ring (bicyclic) bond motifs is 3. The molecule has 1 aliphatic heterocycles. The van der Waals surface area contributed by atoms with Crippen LogP contribution in [0.2, 0.25) is 0 Å². The van der Waals surface area contributed by atoms with Crippen molar-refractivity contribution in [2.45, 2.75) is 13.0 Å². The minimum absolute atomic E-state index is 0.896. The van der Waals surface area contributed by atoms with Crippen molar-refractivity contribution in [2.24, 2.45) is 0 Å². The average Bonchev–Trinajstić information content (AvgIpc) is 2.75. The number of nitrogens with zero attached hydrogens (tertiary/aromatic N) is 1. The van der Waals surface area contributed by atoms with Gasteiger partial charge in [0.2, 0.25) is 0 Å². The molecule has 2 heterocycles. The first kappa shape index (κ1) is 13.4. The van der Waals surface area contributed by atoms with E-state index in [9.17, 15) is 0 Å². The van der Waals surface area contributed by atoms with Crippen LogP contribution in [0.25, 0.3) is 22.0 Å². The van der Waals surface area contributed by atoms with Crippen LogP contribution >= 0.6 is 0 Å². The van der Waals surface area contributed by atoms with Crippen molar-refractivity contribution in [1.82, 2.24) is 9.88 Å². The van der Waals surface area contributed by atoms with E-state index in [1.807, 2.05) is 12.1 Å². The highest BCUT2D eigenvalue weighted by atomic mass is 16.5. The summed E-state index contributed by atoms with van der Waals surface area (Å²) in [4.78, 5) is 0. The Morgan fingerprint density at radius 2 is 1.77 bits per heavy atom. The lowest BCUT2D eigenvalue weighted by Gasteiger charge is -2.08. The van der Waals surface area contributed by atoms with Crippen LogP contribution in [0.5, 0.6) is 5.75 Å². The Labute approximate surface area is 130 Å². The van der Waals surface area contributed by atoms with E-state index in [0.717, 1.165) is 31.8 Å². The molecular weight excluding hydrogens is 272 g/mol. The maximum atomic E-state index is 5.24. The number of benzene rings is 2. The van der Waals surface area contributed by atoms with Gasteiger partial charge in [0.05, 0.1) is 7.11 Å². The summed E-state index contributed by atoms with van der Waals surface area (Å²) in [5.74, 6) is 0.896. The maximum absolute atomic E-state index is 5.24. The van der Waals surface area contributed by atoms with E-state index in [2.05, 4.69) is 46.3 Å². The van der Waals surface area contributed by atoms with Crippen LogP contribution in [0.15, 0.2) is 48.5 Å². The molecule has 0 unspecified atom stereocenters. The molecular formula is C19H20N2O. The molecule has 0 saturated heterocycles. The largest absolute Gasteiger partial charge is 0.497 e. The van der Waals surface area contributed by atoms with E-state index in [0.29, 0.717) is 0 Å². The van der Waals surface area contributed by atoms with Crippen molar-refractivity contribution in [3.8, 4) is 16.9 Å². The molecule has 1 aliphatic rings. The highest BCUT2D eigenvalue weighted by Crippen LogP contribution is 2.28. The fourth-order valence-corrected chi connectivity index (χ4v) is 3.28. The van der Waals surface area contributed by atoms with Gasteiger partial charge in [-0.1, -0.05) is 24.3 Å². The van der Waals surface area contributed by atoms with Gasteiger partial charge >= 0.3 is 0 Å². The summed E-state index contributed by atoms with van der Waals surface area (Å²) >= 11 is 0. The number of hydrogen-bond donors (Lipinski definition) is 1. The molecule has 1 aromatic heterocycles. The van der Waals surface area contributed by atoms with Crippen LogP contribution < -0.4 is 10.1 Å². The molecule has 0 spiro atoms. The Morgan fingerprint density at radius 3 is 2.59 bits per heavy atom. The molecule has 0 saturated carbocycles. The van der Waals surface area contributed by atoms with Gasteiger partial charge in [0, 0.05) is 37.3 Å². The molecule has 3 aromatic rings. The fraction of sp³-hybridized carbons (Fsp3) is 0.263. The second-order valence-electron chi connectivity index (χ2n) is 5.79. The molecule has 0 fully saturated rings. The zero-order chi connectivity index (χ0) is 14.9. The average molecular weight is 292 g/mol. The highest BCUT2D eigenvalue weighted by Gasteiger charge is 2.12. The minimum Gasteiger partial charge on any atom is -0.497 e. The topological polar surface area (TPSA) is 26.2 Å². The van der Waals surface area contributed by atoms with Gasteiger partial charge in [-0.05, 0) is 40.8 Å².